The van der Waals surface area contributed by atoms with E-state index >= 15 is 0 Å². The number of phenols is 2. The van der Waals surface area contributed by atoms with Crippen molar-refractivity contribution in [1.29, 1.82) is 0 Å². The van der Waals surface area contributed by atoms with Crippen molar-refractivity contribution in [2.45, 2.75) is 40.5 Å². The Morgan fingerprint density at radius 2 is 1.32 bits per heavy atom. The lowest BCUT2D eigenvalue weighted by Gasteiger charge is -2.09. The number of benzene rings is 3. The lowest BCUT2D eigenvalue weighted by Crippen LogP contribution is -1.89. The van der Waals surface area contributed by atoms with Crippen molar-refractivity contribution in [3.05, 3.63) is 93.0 Å². The Labute approximate surface area is 178 Å². The second kappa shape index (κ2) is 11.6. The summed E-state index contributed by atoms with van der Waals surface area (Å²) in [6.07, 6.45) is 0. The van der Waals surface area contributed by atoms with Crippen LogP contribution in [0.2, 0.25) is 10.0 Å². The predicted octanol–water partition coefficient (Wildman–Crippen LogP) is 7.63. The SMILES string of the molecule is Cc1cc(O)c(C(C)C)cc1Cl.Cc1cc(O)cc(C)c1Cl.[c]1ccccc1. The zero-order chi connectivity index (χ0) is 21.3. The third-order valence-electron chi connectivity index (χ3n) is 3.96. The molecule has 0 aliphatic heterocycles. The Morgan fingerprint density at radius 1 is 0.786 bits per heavy atom. The van der Waals surface area contributed by atoms with Crippen LogP contribution in [0.25, 0.3) is 0 Å². The predicted molar refractivity (Wildman–Crippen MR) is 120 cm³/mol. The third kappa shape index (κ3) is 7.84. The highest BCUT2D eigenvalue weighted by Crippen LogP contribution is 2.30. The highest BCUT2D eigenvalue weighted by Gasteiger charge is 2.08. The maximum Gasteiger partial charge on any atom is 0.119 e. The quantitative estimate of drug-likeness (QED) is 0.427. The monoisotopic (exact) mass is 417 g/mol. The molecule has 3 aromatic carbocycles. The zero-order valence-corrected chi connectivity index (χ0v) is 18.4. The molecule has 2 nitrogen and oxygen atoms in total. The summed E-state index contributed by atoms with van der Waals surface area (Å²) in [6.45, 7) is 9.68. The molecule has 0 unspecified atom stereocenters. The van der Waals surface area contributed by atoms with Crippen LogP contribution in [0.1, 0.15) is 42.0 Å². The first-order chi connectivity index (χ1) is 13.1. The van der Waals surface area contributed by atoms with Crippen LogP contribution in [0.15, 0.2) is 54.6 Å². The van der Waals surface area contributed by atoms with Crippen LogP contribution in [0.5, 0.6) is 11.5 Å². The second-order valence-electron chi connectivity index (χ2n) is 6.79. The van der Waals surface area contributed by atoms with Crippen LogP contribution < -0.4 is 0 Å². The van der Waals surface area contributed by atoms with E-state index in [1.165, 1.54) is 0 Å². The number of hydrogen-bond acceptors (Lipinski definition) is 2. The lowest BCUT2D eigenvalue weighted by atomic mass is 10.0. The van der Waals surface area contributed by atoms with Gasteiger partial charge in [-0.1, -0.05) is 67.4 Å². The number of aromatic hydroxyl groups is 2. The molecule has 2 N–H and O–H groups in total. The van der Waals surface area contributed by atoms with E-state index in [2.05, 4.69) is 6.07 Å². The molecule has 1 radical (unpaired) electrons. The number of rotatable bonds is 1. The Hall–Kier alpha value is -2.16. The second-order valence-corrected chi connectivity index (χ2v) is 7.57. The molecule has 0 saturated heterocycles. The van der Waals surface area contributed by atoms with E-state index < -0.39 is 0 Å². The molecule has 0 spiro atoms. The summed E-state index contributed by atoms with van der Waals surface area (Å²) in [6, 6.07) is 19.3. The normalized spacial score (nSPS) is 9.86. The van der Waals surface area contributed by atoms with Crippen molar-refractivity contribution >= 4 is 23.2 Å². The Bertz CT molecular complexity index is 826. The smallest absolute Gasteiger partial charge is 0.119 e. The van der Waals surface area contributed by atoms with Crippen LogP contribution in [0.4, 0.5) is 0 Å². The maximum atomic E-state index is 9.53. The molecule has 0 fully saturated rings. The van der Waals surface area contributed by atoms with E-state index in [9.17, 15) is 5.11 Å². The average Bonchev–Trinajstić information content (AvgIpc) is 2.65. The zero-order valence-electron chi connectivity index (χ0n) is 16.9. The summed E-state index contributed by atoms with van der Waals surface area (Å²) in [5.74, 6) is 0.925. The first-order valence-corrected chi connectivity index (χ1v) is 9.74. The number of aryl methyl sites for hydroxylation is 3. The molecule has 0 bridgehead atoms. The van der Waals surface area contributed by atoms with Gasteiger partial charge in [0.05, 0.1) is 0 Å². The van der Waals surface area contributed by atoms with Gasteiger partial charge < -0.3 is 10.2 Å². The highest BCUT2D eigenvalue weighted by atomic mass is 35.5. The highest BCUT2D eigenvalue weighted by molar-refractivity contribution is 6.32. The standard InChI is InChI=1S/C10H13ClO.C8H9ClO.C6H5/c1-6(2)8-5-9(11)7(3)4-10(8)12;1-5-3-7(10)4-6(2)8(5)9;1-2-4-6-5-3-1/h4-6,12H,1-3H3;3-4,10H,1-2H3;1-5H. The maximum absolute atomic E-state index is 9.53. The Morgan fingerprint density at radius 3 is 1.71 bits per heavy atom. The fourth-order valence-corrected chi connectivity index (χ4v) is 2.69. The molecule has 0 amide bonds. The molecule has 0 heterocycles. The molecular formula is C24H27Cl2O2. The van der Waals surface area contributed by atoms with Crippen LogP contribution >= 0.6 is 23.2 Å². The van der Waals surface area contributed by atoms with Crippen molar-refractivity contribution in [1.82, 2.24) is 0 Å². The van der Waals surface area contributed by atoms with Crippen molar-refractivity contribution in [2.75, 3.05) is 0 Å². The molecule has 3 rings (SSSR count). The Kier molecular flexibility index (Phi) is 9.92. The first-order valence-electron chi connectivity index (χ1n) is 8.99. The van der Waals surface area contributed by atoms with E-state index in [1.54, 1.807) is 18.2 Å². The summed E-state index contributed by atoms with van der Waals surface area (Å²) in [5, 5.41) is 20.0. The molecule has 3 aromatic rings. The summed E-state index contributed by atoms with van der Waals surface area (Å²) >= 11 is 11.8. The van der Waals surface area contributed by atoms with Gasteiger partial charge in [0.25, 0.3) is 0 Å². The van der Waals surface area contributed by atoms with Crippen molar-refractivity contribution in [3.8, 4) is 11.5 Å². The molecule has 0 aliphatic rings. The minimum Gasteiger partial charge on any atom is -0.508 e. The summed E-state index contributed by atoms with van der Waals surface area (Å²) in [4.78, 5) is 0. The molecule has 149 valence electrons. The van der Waals surface area contributed by atoms with E-state index in [0.29, 0.717) is 11.7 Å². The van der Waals surface area contributed by atoms with Gasteiger partial charge in [-0.15, -0.1) is 0 Å². The molecule has 4 heteroatoms. The first kappa shape index (κ1) is 23.9. The van der Waals surface area contributed by atoms with Crippen molar-refractivity contribution < 1.29 is 10.2 Å². The van der Waals surface area contributed by atoms with E-state index in [1.807, 2.05) is 71.0 Å². The van der Waals surface area contributed by atoms with Crippen LogP contribution in [0, 0.1) is 26.8 Å². The molecule has 0 atom stereocenters. The fourth-order valence-electron chi connectivity index (χ4n) is 2.41. The van der Waals surface area contributed by atoms with Crippen LogP contribution in [0.3, 0.4) is 0 Å². The number of phenolic OH excluding ortho intramolecular Hbond substituents is 2. The fraction of sp³-hybridized carbons (Fsp3) is 0.250. The van der Waals surface area contributed by atoms with Gasteiger partial charge in [0, 0.05) is 10.0 Å². The minimum atomic E-state index is 0.277. The van der Waals surface area contributed by atoms with Gasteiger partial charge >= 0.3 is 0 Å². The van der Waals surface area contributed by atoms with Gasteiger partial charge in [0.1, 0.15) is 11.5 Å². The van der Waals surface area contributed by atoms with Crippen LogP contribution in [-0.4, -0.2) is 10.2 Å². The van der Waals surface area contributed by atoms with Crippen molar-refractivity contribution in [3.63, 3.8) is 0 Å². The van der Waals surface area contributed by atoms with Crippen LogP contribution in [-0.2, 0) is 0 Å². The van der Waals surface area contributed by atoms with Gasteiger partial charge in [0.2, 0.25) is 0 Å². The molecule has 0 aromatic heterocycles. The lowest BCUT2D eigenvalue weighted by molar-refractivity contribution is 0.464. The van der Waals surface area contributed by atoms with E-state index in [-0.39, 0.29) is 5.75 Å². The largest absolute Gasteiger partial charge is 0.508 e. The van der Waals surface area contributed by atoms with Gasteiger partial charge in [0.15, 0.2) is 0 Å². The molecular weight excluding hydrogens is 391 g/mol. The Balaban J connectivity index is 0.000000221. The topological polar surface area (TPSA) is 40.5 Å². The summed E-state index contributed by atoms with van der Waals surface area (Å²) < 4.78 is 0. The average molecular weight is 418 g/mol. The van der Waals surface area contributed by atoms with E-state index in [4.69, 9.17) is 28.3 Å². The van der Waals surface area contributed by atoms with Gasteiger partial charge in [-0.3, -0.25) is 0 Å². The number of halogens is 2. The van der Waals surface area contributed by atoms with Gasteiger partial charge in [-0.2, -0.15) is 0 Å². The number of hydrogen-bond donors (Lipinski definition) is 2. The molecule has 0 aliphatic carbocycles. The minimum absolute atomic E-state index is 0.277. The summed E-state index contributed by atoms with van der Waals surface area (Å²) in [7, 11) is 0. The summed E-state index contributed by atoms with van der Waals surface area (Å²) in [5.41, 5.74) is 3.66. The molecule has 0 saturated carbocycles. The van der Waals surface area contributed by atoms with E-state index in [0.717, 1.165) is 32.3 Å². The molecule has 28 heavy (non-hydrogen) atoms. The van der Waals surface area contributed by atoms with Crippen molar-refractivity contribution in [2.24, 2.45) is 0 Å². The van der Waals surface area contributed by atoms with Gasteiger partial charge in [-0.25, -0.2) is 0 Å². The van der Waals surface area contributed by atoms with Gasteiger partial charge in [-0.05, 0) is 79.3 Å². The third-order valence-corrected chi connectivity index (χ3v) is 4.96.